The minimum absolute atomic E-state index is 0.0180. The summed E-state index contributed by atoms with van der Waals surface area (Å²) >= 11 is 20.3. The Kier molecular flexibility index (Phi) is 10.8. The van der Waals surface area contributed by atoms with E-state index in [1.54, 1.807) is 56.6 Å². The van der Waals surface area contributed by atoms with Crippen molar-refractivity contribution in [3.8, 4) is 5.75 Å². The van der Waals surface area contributed by atoms with E-state index < -0.39 is 11.8 Å². The van der Waals surface area contributed by atoms with Gasteiger partial charge >= 0.3 is 0 Å². The lowest BCUT2D eigenvalue weighted by molar-refractivity contribution is -0.122. The average molecular weight is 749 g/mol. The number of amides is 3. The Balaban J connectivity index is 1.43. The summed E-state index contributed by atoms with van der Waals surface area (Å²) in [7, 11) is 3.11. The Morgan fingerprint density at radius 3 is 2.44 bits per heavy atom. The number of halogens is 4. The minimum Gasteiger partial charge on any atom is -0.485 e. The van der Waals surface area contributed by atoms with Gasteiger partial charge in [-0.25, -0.2) is 4.98 Å². The highest BCUT2D eigenvalue weighted by atomic mass is 79.9. The van der Waals surface area contributed by atoms with Crippen LogP contribution in [0.1, 0.15) is 27.2 Å². The third-order valence-corrected chi connectivity index (χ3v) is 8.50. The molecular weight excluding hydrogens is 723 g/mol. The molecule has 0 atom stereocenters. The number of fused-ring (bicyclic) bond motifs is 1. The molecule has 0 aliphatic carbocycles. The van der Waals surface area contributed by atoms with Gasteiger partial charge in [0, 0.05) is 51.9 Å². The summed E-state index contributed by atoms with van der Waals surface area (Å²) < 4.78 is 7.75. The molecule has 0 fully saturated rings. The number of carbonyl (C=O) groups is 3. The van der Waals surface area contributed by atoms with E-state index in [1.165, 1.54) is 11.0 Å². The van der Waals surface area contributed by atoms with Gasteiger partial charge in [-0.3, -0.25) is 14.4 Å². The van der Waals surface area contributed by atoms with Crippen LogP contribution in [0.4, 0.5) is 5.69 Å². The average Bonchev–Trinajstić information content (AvgIpc) is 2.99. The van der Waals surface area contributed by atoms with Gasteiger partial charge in [0.15, 0.2) is 5.75 Å². The first-order chi connectivity index (χ1) is 20.5. The van der Waals surface area contributed by atoms with Gasteiger partial charge < -0.3 is 20.3 Å². The Hall–Kier alpha value is -3.44. The van der Waals surface area contributed by atoms with Crippen LogP contribution in [0, 0.1) is 6.92 Å². The van der Waals surface area contributed by atoms with Crippen LogP contribution in [0.5, 0.6) is 5.75 Å². The first kappa shape index (κ1) is 32.5. The SMILES string of the molecule is CNC(=O)c1ccc(/C=C/C(=O)NCC(=O)N(C)c2ccc(Cl)c(COc3c(Br)cc(Br)c4ccc(C)nc34)c2Cl)cc1. The van der Waals surface area contributed by atoms with Gasteiger partial charge in [0.25, 0.3) is 5.91 Å². The lowest BCUT2D eigenvalue weighted by Gasteiger charge is -2.21. The smallest absolute Gasteiger partial charge is 0.251 e. The second-order valence-corrected chi connectivity index (χ2v) is 11.9. The zero-order valence-electron chi connectivity index (χ0n) is 23.3. The highest BCUT2D eigenvalue weighted by molar-refractivity contribution is 9.11. The number of likely N-dealkylation sites (N-methyl/N-ethyl adjacent to an activating group) is 1. The summed E-state index contributed by atoms with van der Waals surface area (Å²) in [5, 5.41) is 6.63. The molecule has 0 aliphatic rings. The molecule has 2 N–H and O–H groups in total. The van der Waals surface area contributed by atoms with E-state index >= 15 is 0 Å². The second kappa shape index (κ2) is 14.4. The Bertz CT molecular complexity index is 1750. The van der Waals surface area contributed by atoms with Crippen LogP contribution in [0.15, 0.2) is 69.6 Å². The molecule has 1 aromatic heterocycles. The first-order valence-electron chi connectivity index (χ1n) is 12.9. The largest absolute Gasteiger partial charge is 0.485 e. The van der Waals surface area contributed by atoms with Crippen LogP contribution in [-0.4, -0.2) is 43.3 Å². The van der Waals surface area contributed by atoms with Crippen LogP contribution >= 0.6 is 55.1 Å². The fourth-order valence-electron chi connectivity index (χ4n) is 4.08. The van der Waals surface area contributed by atoms with E-state index in [1.807, 2.05) is 25.1 Å². The molecule has 222 valence electrons. The number of nitrogens with one attached hydrogen (secondary N) is 2. The molecule has 0 bridgehead atoms. The molecule has 4 rings (SSSR count). The Morgan fingerprint density at radius 1 is 1.02 bits per heavy atom. The molecule has 0 saturated heterocycles. The number of aromatic nitrogens is 1. The third-order valence-electron chi connectivity index (χ3n) is 6.48. The van der Waals surface area contributed by atoms with Gasteiger partial charge in [0.2, 0.25) is 11.8 Å². The van der Waals surface area contributed by atoms with Crippen molar-refractivity contribution >= 4 is 95.4 Å². The number of aryl methyl sites for hydroxylation is 1. The van der Waals surface area contributed by atoms with Crippen LogP contribution in [-0.2, 0) is 16.2 Å². The number of hydrogen-bond donors (Lipinski definition) is 2. The van der Waals surface area contributed by atoms with Crippen LogP contribution in [0.3, 0.4) is 0 Å². The summed E-state index contributed by atoms with van der Waals surface area (Å²) in [6.07, 6.45) is 2.90. The van der Waals surface area contributed by atoms with E-state index in [0.717, 1.165) is 21.1 Å². The third kappa shape index (κ3) is 7.75. The van der Waals surface area contributed by atoms with Crippen molar-refractivity contribution in [2.75, 3.05) is 25.5 Å². The lowest BCUT2D eigenvalue weighted by Crippen LogP contribution is -2.37. The lowest BCUT2D eigenvalue weighted by atomic mass is 10.1. The normalized spacial score (nSPS) is 11.0. The fourth-order valence-corrected chi connectivity index (χ4v) is 6.08. The topological polar surface area (TPSA) is 101 Å². The molecule has 0 aliphatic heterocycles. The van der Waals surface area contributed by atoms with Crippen LogP contribution in [0.2, 0.25) is 10.0 Å². The van der Waals surface area contributed by atoms with Crippen LogP contribution < -0.4 is 20.3 Å². The van der Waals surface area contributed by atoms with Crippen molar-refractivity contribution in [3.05, 3.63) is 102 Å². The molecule has 0 radical (unpaired) electrons. The second-order valence-electron chi connectivity index (χ2n) is 9.37. The van der Waals surface area contributed by atoms with Crippen molar-refractivity contribution < 1.29 is 19.1 Å². The van der Waals surface area contributed by atoms with Gasteiger partial charge in [0.05, 0.1) is 21.7 Å². The van der Waals surface area contributed by atoms with Gasteiger partial charge in [-0.05, 0) is 77.0 Å². The van der Waals surface area contributed by atoms with Crippen molar-refractivity contribution in [1.82, 2.24) is 15.6 Å². The van der Waals surface area contributed by atoms with Gasteiger partial charge in [-0.15, -0.1) is 0 Å². The van der Waals surface area contributed by atoms with Gasteiger partial charge in [0.1, 0.15) is 12.1 Å². The van der Waals surface area contributed by atoms with Crippen molar-refractivity contribution in [3.63, 3.8) is 0 Å². The molecule has 43 heavy (non-hydrogen) atoms. The number of hydrogen-bond acceptors (Lipinski definition) is 5. The Labute approximate surface area is 275 Å². The maximum Gasteiger partial charge on any atom is 0.251 e. The van der Waals surface area contributed by atoms with Crippen molar-refractivity contribution in [1.29, 1.82) is 0 Å². The van der Waals surface area contributed by atoms with Gasteiger partial charge in [-0.2, -0.15) is 0 Å². The molecule has 0 saturated carbocycles. The van der Waals surface area contributed by atoms with E-state index in [9.17, 15) is 14.4 Å². The summed E-state index contributed by atoms with van der Waals surface area (Å²) in [6, 6.07) is 15.8. The summed E-state index contributed by atoms with van der Waals surface area (Å²) in [5.41, 5.74) is 3.63. The highest BCUT2D eigenvalue weighted by Gasteiger charge is 2.20. The molecule has 4 aromatic rings. The quantitative estimate of drug-likeness (QED) is 0.178. The first-order valence-corrected chi connectivity index (χ1v) is 15.2. The number of rotatable bonds is 9. The molecule has 1 heterocycles. The predicted octanol–water partition coefficient (Wildman–Crippen LogP) is 7.11. The molecule has 3 aromatic carbocycles. The van der Waals surface area contributed by atoms with Crippen molar-refractivity contribution in [2.45, 2.75) is 13.5 Å². The van der Waals surface area contributed by atoms with Crippen molar-refractivity contribution in [2.24, 2.45) is 0 Å². The monoisotopic (exact) mass is 746 g/mol. The molecule has 8 nitrogen and oxygen atoms in total. The zero-order chi connectivity index (χ0) is 31.3. The van der Waals surface area contributed by atoms with E-state index in [-0.39, 0.29) is 24.1 Å². The van der Waals surface area contributed by atoms with E-state index in [2.05, 4.69) is 47.5 Å². The molecule has 3 amide bonds. The number of anilines is 1. The molecule has 12 heteroatoms. The summed E-state index contributed by atoms with van der Waals surface area (Å²) in [5.74, 6) is -0.518. The highest BCUT2D eigenvalue weighted by Crippen LogP contribution is 2.40. The van der Waals surface area contributed by atoms with E-state index in [4.69, 9.17) is 27.9 Å². The minimum atomic E-state index is -0.454. The zero-order valence-corrected chi connectivity index (χ0v) is 28.0. The maximum absolute atomic E-state index is 12.9. The number of carbonyl (C=O) groups excluding carboxylic acids is 3. The fraction of sp³-hybridized carbons (Fsp3) is 0.161. The predicted molar refractivity (Wildman–Crippen MR) is 178 cm³/mol. The van der Waals surface area contributed by atoms with Gasteiger partial charge in [-0.1, -0.05) is 51.3 Å². The summed E-state index contributed by atoms with van der Waals surface area (Å²) in [4.78, 5) is 42.9. The van der Waals surface area contributed by atoms with E-state index in [0.29, 0.717) is 37.6 Å². The number of ether oxygens (including phenoxy) is 1. The number of benzene rings is 3. The number of nitrogens with zero attached hydrogens (tertiary/aromatic N) is 2. The number of pyridine rings is 1. The molecular formula is C31H26Br2Cl2N4O4. The van der Waals surface area contributed by atoms with Crippen LogP contribution in [0.25, 0.3) is 17.0 Å². The summed E-state index contributed by atoms with van der Waals surface area (Å²) in [6.45, 7) is 1.65. The molecule has 0 spiro atoms. The standard InChI is InChI=1S/C31H26Br2Cl2N4O4/c1-17-4-10-20-22(32)14-23(33)30(29(20)38-17)43-16-21-24(34)11-12-25(28(21)35)39(3)27(41)15-37-26(40)13-7-18-5-8-19(9-6-18)31(42)36-2/h4-14H,15-16H2,1-3H3,(H,36,42)(H,37,40)/b13-7+. The molecule has 0 unspecified atom stereocenters. The Morgan fingerprint density at radius 2 is 1.74 bits per heavy atom. The maximum atomic E-state index is 12.9.